The molecule has 2 fully saturated rings. The summed E-state index contributed by atoms with van der Waals surface area (Å²) < 4.78 is 35.8. The molecule has 0 spiro atoms. The number of halogens is 2. The zero-order valence-corrected chi connectivity index (χ0v) is 14.1. The number of ether oxygens (including phenoxy) is 1. The molecule has 0 aliphatic carbocycles. The van der Waals surface area contributed by atoms with Gasteiger partial charge in [0.15, 0.2) is 35.0 Å². The molecular weight excluding hydrogens is 350 g/mol. The summed E-state index contributed by atoms with van der Waals surface area (Å²) in [5.74, 6) is -2.44. The number of hydrogen-bond donors (Lipinski definition) is 3. The molecule has 4 atom stereocenters. The first-order valence-corrected chi connectivity index (χ1v) is 8.37. The lowest BCUT2D eigenvalue weighted by Gasteiger charge is -2.24. The number of hydrogen-bond acceptors (Lipinski definition) is 8. The van der Waals surface area contributed by atoms with E-state index in [9.17, 15) is 14.6 Å². The average Bonchev–Trinajstić information content (AvgIpc) is 3.30. The normalized spacial score (nSPS) is 34.9. The lowest BCUT2D eigenvalue weighted by Crippen LogP contribution is -2.46. The second-order valence-electron chi connectivity index (χ2n) is 6.89. The number of rotatable bonds is 3. The van der Waals surface area contributed by atoms with Crippen molar-refractivity contribution in [2.75, 3.05) is 30.3 Å². The van der Waals surface area contributed by atoms with Crippen molar-refractivity contribution in [3.05, 3.63) is 6.33 Å². The smallest absolute Gasteiger partial charge is 0.263 e. The van der Waals surface area contributed by atoms with E-state index in [1.165, 1.54) is 10.9 Å². The summed E-state index contributed by atoms with van der Waals surface area (Å²) in [4.78, 5) is 14.6. The minimum absolute atomic E-state index is 0.0334. The predicted octanol–water partition coefficient (Wildman–Crippen LogP) is 0.285. The van der Waals surface area contributed by atoms with Crippen LogP contribution in [0.1, 0.15) is 26.0 Å². The van der Waals surface area contributed by atoms with E-state index in [1.54, 1.807) is 0 Å². The van der Waals surface area contributed by atoms with Gasteiger partial charge < -0.3 is 25.6 Å². The van der Waals surface area contributed by atoms with Gasteiger partial charge in [0.1, 0.15) is 6.61 Å². The molecule has 2 aromatic rings. The monoisotopic (exact) mass is 370 g/mol. The molecular formula is C15H20F2N6O3. The molecule has 142 valence electrons. The summed E-state index contributed by atoms with van der Waals surface area (Å²) in [6.45, 7) is 1.38. The second-order valence-corrected chi connectivity index (χ2v) is 6.89. The molecule has 2 aliphatic rings. The fourth-order valence-corrected chi connectivity index (χ4v) is 3.61. The second kappa shape index (κ2) is 5.69. The Hall–Kier alpha value is -2.11. The fourth-order valence-electron chi connectivity index (χ4n) is 3.61. The number of fused-ring (bicyclic) bond motifs is 1. The molecule has 4 N–H and O–H groups in total. The minimum Gasteiger partial charge on any atom is -0.390 e. The van der Waals surface area contributed by atoms with E-state index < -0.39 is 30.5 Å². The maximum atomic E-state index is 15.1. The van der Waals surface area contributed by atoms with Gasteiger partial charge in [0.2, 0.25) is 5.95 Å². The summed E-state index contributed by atoms with van der Waals surface area (Å²) in [6.07, 6.45) is -0.502. The lowest BCUT2D eigenvalue weighted by atomic mass is 9.97. The minimum atomic E-state index is -2.93. The fraction of sp³-hybridized carbons (Fsp3) is 0.667. The first-order chi connectivity index (χ1) is 12.3. The third-order valence-electron chi connectivity index (χ3n) is 5.03. The highest BCUT2D eigenvalue weighted by atomic mass is 19.2. The van der Waals surface area contributed by atoms with Gasteiger partial charge in [-0.05, 0) is 19.8 Å². The highest BCUT2D eigenvalue weighted by molar-refractivity contribution is 5.85. The summed E-state index contributed by atoms with van der Waals surface area (Å²) >= 11 is 0. The molecule has 2 aromatic heterocycles. The van der Waals surface area contributed by atoms with Gasteiger partial charge in [-0.3, -0.25) is 4.57 Å². The summed E-state index contributed by atoms with van der Waals surface area (Å²) in [5.41, 5.74) is 3.83. The number of nitrogens with two attached hydrogens (primary N) is 1. The first kappa shape index (κ1) is 17.3. The number of nitrogens with zero attached hydrogens (tertiary/aromatic N) is 5. The van der Waals surface area contributed by atoms with Crippen molar-refractivity contribution in [1.29, 1.82) is 0 Å². The van der Waals surface area contributed by atoms with Crippen molar-refractivity contribution in [3.63, 3.8) is 0 Å². The molecule has 11 heteroatoms. The van der Waals surface area contributed by atoms with Crippen LogP contribution >= 0.6 is 0 Å². The van der Waals surface area contributed by atoms with E-state index >= 15 is 4.39 Å². The van der Waals surface area contributed by atoms with Crippen molar-refractivity contribution in [2.24, 2.45) is 0 Å². The topological polar surface area (TPSA) is 123 Å². The van der Waals surface area contributed by atoms with Gasteiger partial charge in [0.05, 0.1) is 6.33 Å². The zero-order valence-electron chi connectivity index (χ0n) is 14.1. The molecule has 0 aromatic carbocycles. The first-order valence-electron chi connectivity index (χ1n) is 8.37. The van der Waals surface area contributed by atoms with Crippen LogP contribution in [0.25, 0.3) is 11.2 Å². The highest BCUT2D eigenvalue weighted by Gasteiger charge is 2.64. The van der Waals surface area contributed by atoms with Crippen LogP contribution in [-0.4, -0.2) is 67.1 Å². The Balaban J connectivity index is 1.83. The summed E-state index contributed by atoms with van der Waals surface area (Å²) in [6, 6.07) is 0. The van der Waals surface area contributed by atoms with E-state index in [0.29, 0.717) is 11.3 Å². The Morgan fingerprint density at radius 1 is 1.35 bits per heavy atom. The third kappa shape index (κ3) is 2.34. The van der Waals surface area contributed by atoms with Crippen LogP contribution in [0.15, 0.2) is 6.33 Å². The number of aliphatic hydroxyl groups is 2. The maximum Gasteiger partial charge on any atom is 0.263 e. The lowest BCUT2D eigenvalue weighted by molar-refractivity contribution is -0.206. The van der Waals surface area contributed by atoms with Crippen LogP contribution in [0, 0.1) is 0 Å². The zero-order chi connectivity index (χ0) is 18.7. The Morgan fingerprint density at radius 2 is 2.04 bits per heavy atom. The van der Waals surface area contributed by atoms with Crippen molar-refractivity contribution >= 4 is 22.9 Å². The van der Waals surface area contributed by atoms with Crippen LogP contribution in [-0.2, 0) is 4.74 Å². The number of nitrogen functional groups attached to an aromatic ring is 1. The summed E-state index contributed by atoms with van der Waals surface area (Å²) in [5, 5.41) is 19.1. The Bertz CT molecular complexity index is 840. The van der Waals surface area contributed by atoms with Gasteiger partial charge in [-0.15, -0.1) is 0 Å². The molecule has 2 saturated heterocycles. The molecule has 0 saturated carbocycles. The Labute approximate surface area is 147 Å². The Morgan fingerprint density at radius 3 is 2.65 bits per heavy atom. The van der Waals surface area contributed by atoms with Gasteiger partial charge in [-0.2, -0.15) is 9.97 Å². The average molecular weight is 370 g/mol. The molecule has 9 nitrogen and oxygen atoms in total. The van der Waals surface area contributed by atoms with E-state index in [0.717, 1.165) is 32.9 Å². The number of imidazole rings is 1. The number of alkyl halides is 2. The number of anilines is 2. The SMILES string of the molecule is C[C@@]1(F)C(O)[C@@](F)(CO)O[C@H]1n1cnc2c(N3CCCC3)nc(N)nc21. The van der Waals surface area contributed by atoms with Crippen LogP contribution in [0.5, 0.6) is 0 Å². The van der Waals surface area contributed by atoms with Crippen molar-refractivity contribution in [1.82, 2.24) is 19.5 Å². The molecule has 1 unspecified atom stereocenters. The standard InChI is InChI=1S/C15H20F2N6O3/c1-14(16)11(25)15(17,6-24)26-12(14)23-7-19-8-9(22-4-2-3-5-22)20-13(18)21-10(8)23/h7,11-12,24-25H,2-6H2,1H3,(H2,18,20,21)/t11?,12-,14-,15-/m1/s1. The van der Waals surface area contributed by atoms with Gasteiger partial charge in [0.25, 0.3) is 5.85 Å². The van der Waals surface area contributed by atoms with Crippen molar-refractivity contribution in [3.8, 4) is 0 Å². The van der Waals surface area contributed by atoms with E-state index in [2.05, 4.69) is 15.0 Å². The van der Waals surface area contributed by atoms with Crippen LogP contribution in [0.4, 0.5) is 20.5 Å². The van der Waals surface area contributed by atoms with Gasteiger partial charge in [-0.25, -0.2) is 13.8 Å². The Kier molecular flexibility index (Phi) is 3.79. The molecule has 4 heterocycles. The van der Waals surface area contributed by atoms with Crippen LogP contribution in [0.2, 0.25) is 0 Å². The van der Waals surface area contributed by atoms with Gasteiger partial charge in [0, 0.05) is 13.1 Å². The quantitative estimate of drug-likeness (QED) is 0.704. The van der Waals surface area contributed by atoms with Gasteiger partial charge in [-0.1, -0.05) is 0 Å². The van der Waals surface area contributed by atoms with Crippen molar-refractivity contribution < 1.29 is 23.7 Å². The van der Waals surface area contributed by atoms with E-state index in [-0.39, 0.29) is 11.6 Å². The third-order valence-corrected chi connectivity index (χ3v) is 5.03. The number of aliphatic hydroxyl groups excluding tert-OH is 2. The van der Waals surface area contributed by atoms with Crippen molar-refractivity contribution in [2.45, 2.75) is 43.6 Å². The highest BCUT2D eigenvalue weighted by Crippen LogP contribution is 2.48. The van der Waals surface area contributed by atoms with Crippen LogP contribution in [0.3, 0.4) is 0 Å². The molecule has 26 heavy (non-hydrogen) atoms. The maximum absolute atomic E-state index is 15.1. The molecule has 2 aliphatic heterocycles. The molecule has 0 radical (unpaired) electrons. The van der Waals surface area contributed by atoms with E-state index in [4.69, 9.17) is 10.5 Å². The molecule has 0 amide bonds. The largest absolute Gasteiger partial charge is 0.390 e. The van der Waals surface area contributed by atoms with Gasteiger partial charge >= 0.3 is 0 Å². The summed E-state index contributed by atoms with van der Waals surface area (Å²) in [7, 11) is 0. The number of aromatic nitrogens is 4. The molecule has 4 rings (SSSR count). The predicted molar refractivity (Wildman–Crippen MR) is 87.7 cm³/mol. The van der Waals surface area contributed by atoms with Crippen LogP contribution < -0.4 is 10.6 Å². The molecule has 0 bridgehead atoms. The van der Waals surface area contributed by atoms with E-state index in [1.807, 2.05) is 4.90 Å².